The molecule has 0 amide bonds. The molecule has 0 saturated heterocycles. The molecule has 1 unspecified atom stereocenters. The molecule has 0 aliphatic heterocycles. The first-order chi connectivity index (χ1) is 2.89. The van der Waals surface area contributed by atoms with Gasteiger partial charge in [0.15, 0.2) is 0 Å². The molecule has 7 heavy (non-hydrogen) atoms. The van der Waals surface area contributed by atoms with Crippen molar-refractivity contribution in [3.05, 3.63) is 23.2 Å². The molecule has 0 N–H and O–H groups in total. The zero-order valence-electron chi connectivity index (χ0n) is 4.15. The quantitative estimate of drug-likeness (QED) is 0.545. The normalized spacial score (nSPS) is 8.71. The van der Waals surface area contributed by atoms with Crippen molar-refractivity contribution in [2.75, 3.05) is 0 Å². The molecule has 0 fully saturated rings. The van der Waals surface area contributed by atoms with Crippen molar-refractivity contribution < 1.29 is 26.2 Å². The van der Waals surface area contributed by atoms with Gasteiger partial charge in [0.1, 0.15) is 0 Å². The van der Waals surface area contributed by atoms with E-state index in [0.29, 0.717) is 0 Å². The third kappa shape index (κ3) is 2.47. The summed E-state index contributed by atoms with van der Waals surface area (Å²) in [6.07, 6.45) is 0. The average molecular weight is 188 g/mol. The summed E-state index contributed by atoms with van der Waals surface area (Å²) in [5, 5.41) is 0. The molecule has 0 aliphatic carbocycles. The van der Waals surface area contributed by atoms with Crippen molar-refractivity contribution in [3.8, 4) is 0 Å². The largest absolute Gasteiger partial charge is 0.271 e. The van der Waals surface area contributed by atoms with Crippen LogP contribution < -0.4 is 0 Å². The molecule has 1 aromatic heterocycles. The van der Waals surface area contributed by atoms with Crippen LogP contribution in [0.1, 0.15) is 5.56 Å². The van der Waals surface area contributed by atoms with Gasteiger partial charge in [-0.2, -0.15) is 17.2 Å². The van der Waals surface area contributed by atoms with Crippen molar-refractivity contribution in [2.24, 2.45) is 0 Å². The van der Waals surface area contributed by atoms with Crippen molar-refractivity contribution in [1.29, 1.82) is 0 Å². The molecule has 1 atom stereocenters. The maximum Gasteiger partial charge on any atom is 0 e. The van der Waals surface area contributed by atoms with Crippen LogP contribution in [0, 0.1) is 12.7 Å². The Labute approximate surface area is 64.5 Å². The van der Waals surface area contributed by atoms with Gasteiger partial charge >= 0.3 is 0 Å². The summed E-state index contributed by atoms with van der Waals surface area (Å²) in [5.74, 6) is 5.29. The molecule has 0 nitrogen and oxygen atoms in total. The van der Waals surface area contributed by atoms with Gasteiger partial charge in [-0.1, -0.05) is 6.92 Å². The van der Waals surface area contributed by atoms with Crippen molar-refractivity contribution in [3.63, 3.8) is 0 Å². The molecule has 1 aromatic rings. The minimum Gasteiger partial charge on any atom is -0.271 e. The molecule has 0 saturated carbocycles. The van der Waals surface area contributed by atoms with Gasteiger partial charge in [0.2, 0.25) is 0 Å². The summed E-state index contributed by atoms with van der Waals surface area (Å²) in [6.45, 7) is 2.07. The smallest absolute Gasteiger partial charge is 0 e. The molecule has 0 radical (unpaired) electrons. The van der Waals surface area contributed by atoms with E-state index in [1.54, 1.807) is 0 Å². The molecule has 1 rings (SSSR count). The Morgan fingerprint density at radius 3 is 2.57 bits per heavy atom. The van der Waals surface area contributed by atoms with Gasteiger partial charge in [-0.3, -0.25) is 8.19 Å². The van der Waals surface area contributed by atoms with Gasteiger partial charge in [-0.25, -0.2) is 6.07 Å². The van der Waals surface area contributed by atoms with Gasteiger partial charge in [-0.15, -0.1) is 0 Å². The molecule has 0 aromatic carbocycles. The van der Waals surface area contributed by atoms with Crippen LogP contribution >= 0.6 is 8.19 Å². The van der Waals surface area contributed by atoms with Gasteiger partial charge in [0.25, 0.3) is 0 Å². The minimum absolute atomic E-state index is 0. The van der Waals surface area contributed by atoms with Crippen LogP contribution in [0.5, 0.6) is 0 Å². The molecule has 1 heterocycles. The second-order valence-electron chi connectivity index (χ2n) is 1.29. The first kappa shape index (κ1) is 7.66. The average Bonchev–Trinajstić information content (AvgIpc) is 1.86. The fourth-order valence-electron chi connectivity index (χ4n) is 0.364. The van der Waals surface area contributed by atoms with E-state index in [-0.39, 0.29) is 26.2 Å². The predicted octanol–water partition coefficient (Wildman–Crippen LogP) is 1.82. The summed E-state index contributed by atoms with van der Waals surface area (Å²) in [7, 11) is 0.821. The molecular formula is C5H6PZr-. The van der Waals surface area contributed by atoms with E-state index in [4.69, 9.17) is 0 Å². The number of hydrogen-bond donors (Lipinski definition) is 0. The second-order valence-corrected chi connectivity index (χ2v) is 2.16. The summed E-state index contributed by atoms with van der Waals surface area (Å²) in [5.41, 5.74) is 1.29. The van der Waals surface area contributed by atoms with E-state index in [9.17, 15) is 0 Å². The van der Waals surface area contributed by atoms with Gasteiger partial charge in [-0.05, 0) is 0 Å². The molecule has 0 spiro atoms. The second kappa shape index (κ2) is 3.64. The Hall–Kier alpha value is 0.663. The Kier molecular flexibility index (Phi) is 3.98. The Morgan fingerprint density at radius 2 is 2.43 bits per heavy atom. The molecular weight excluding hydrogens is 182 g/mol. The van der Waals surface area contributed by atoms with Crippen LogP contribution in [0.4, 0.5) is 0 Å². The maximum absolute atomic E-state index is 3.15. The zero-order valence-corrected chi connectivity index (χ0v) is 7.61. The van der Waals surface area contributed by atoms with E-state index in [1.807, 2.05) is 0 Å². The SMILES string of the molecule is Cc1[c-][pH]cc1.[Zr]. The van der Waals surface area contributed by atoms with Crippen LogP contribution in [0.2, 0.25) is 0 Å². The predicted molar refractivity (Wildman–Crippen MR) is 29.5 cm³/mol. The van der Waals surface area contributed by atoms with Gasteiger partial charge < -0.3 is 0 Å². The van der Waals surface area contributed by atoms with Crippen molar-refractivity contribution in [2.45, 2.75) is 6.92 Å². The first-order valence-electron chi connectivity index (χ1n) is 1.91. The first-order valence-corrected chi connectivity index (χ1v) is 2.99. The van der Waals surface area contributed by atoms with Crippen LogP contribution in [-0.2, 0) is 26.2 Å². The van der Waals surface area contributed by atoms with Crippen LogP contribution in [0.25, 0.3) is 0 Å². The molecule has 0 bridgehead atoms. The maximum atomic E-state index is 3.15. The van der Waals surface area contributed by atoms with Crippen LogP contribution in [0.3, 0.4) is 0 Å². The number of rotatable bonds is 0. The monoisotopic (exact) mass is 187 g/mol. The van der Waals surface area contributed by atoms with Crippen molar-refractivity contribution in [1.82, 2.24) is 0 Å². The van der Waals surface area contributed by atoms with E-state index < -0.39 is 0 Å². The Balaban J connectivity index is 0.000000360. The van der Waals surface area contributed by atoms with E-state index in [2.05, 4.69) is 24.6 Å². The topological polar surface area (TPSA) is 0 Å². The standard InChI is InChI=1S/C5H6P.Zr/c1-5-2-3-6-4-5;/h2-3,6H,1H3;/q-1;. The van der Waals surface area contributed by atoms with Gasteiger partial charge in [0.05, 0.1) is 0 Å². The van der Waals surface area contributed by atoms with E-state index >= 15 is 0 Å². The number of hydrogen-bond acceptors (Lipinski definition) is 0. The summed E-state index contributed by atoms with van der Waals surface area (Å²) in [6, 6.07) is 2.10. The minimum atomic E-state index is 0. The van der Waals surface area contributed by atoms with E-state index in [0.717, 1.165) is 8.19 Å². The molecule has 36 valence electrons. The Bertz CT molecular complexity index is 112. The fourth-order valence-corrected chi connectivity index (χ4v) is 1.09. The molecule has 2 heteroatoms. The third-order valence-electron chi connectivity index (χ3n) is 0.686. The fraction of sp³-hybridized carbons (Fsp3) is 0.200. The number of aryl methyl sites for hydroxylation is 1. The summed E-state index contributed by atoms with van der Waals surface area (Å²) < 4.78 is 0. The zero-order chi connectivity index (χ0) is 4.41. The van der Waals surface area contributed by atoms with Crippen LogP contribution in [0.15, 0.2) is 11.9 Å². The molecule has 0 aliphatic rings. The van der Waals surface area contributed by atoms with Gasteiger partial charge in [0, 0.05) is 26.2 Å². The third-order valence-corrected chi connectivity index (χ3v) is 1.56. The van der Waals surface area contributed by atoms with Crippen molar-refractivity contribution >= 4 is 8.19 Å². The van der Waals surface area contributed by atoms with Crippen LogP contribution in [-0.4, -0.2) is 0 Å². The Morgan fingerprint density at radius 1 is 1.71 bits per heavy atom. The summed E-state index contributed by atoms with van der Waals surface area (Å²) in [4.78, 5) is 0. The van der Waals surface area contributed by atoms with E-state index in [1.165, 1.54) is 5.56 Å². The summed E-state index contributed by atoms with van der Waals surface area (Å²) >= 11 is 0.